The molecule has 0 saturated carbocycles. The van der Waals surface area contributed by atoms with Crippen molar-refractivity contribution < 1.29 is 9.59 Å². The van der Waals surface area contributed by atoms with Gasteiger partial charge in [0.05, 0.1) is 6.04 Å². The van der Waals surface area contributed by atoms with Gasteiger partial charge in [0, 0.05) is 25.6 Å². The van der Waals surface area contributed by atoms with Gasteiger partial charge in [-0.1, -0.05) is 6.92 Å². The van der Waals surface area contributed by atoms with Gasteiger partial charge in [0.15, 0.2) is 0 Å². The molecule has 1 saturated heterocycles. The highest BCUT2D eigenvalue weighted by molar-refractivity contribution is 7.98. The highest BCUT2D eigenvalue weighted by Crippen LogP contribution is 2.12. The molecule has 0 spiro atoms. The number of hydrogen-bond acceptors (Lipinski definition) is 4. The number of thioether (sulfide) groups is 1. The van der Waals surface area contributed by atoms with E-state index in [1.165, 1.54) is 0 Å². The average molecular weight is 301 g/mol. The first-order valence-corrected chi connectivity index (χ1v) is 8.80. The van der Waals surface area contributed by atoms with Gasteiger partial charge in [-0.05, 0) is 37.7 Å². The number of nitrogens with zero attached hydrogens (tertiary/aromatic N) is 1. The fourth-order valence-corrected chi connectivity index (χ4v) is 2.91. The quantitative estimate of drug-likeness (QED) is 0.735. The molecule has 0 aromatic rings. The Hall–Kier alpha value is -0.750. The van der Waals surface area contributed by atoms with E-state index in [2.05, 4.69) is 5.32 Å². The molecule has 20 heavy (non-hydrogen) atoms. The molecule has 116 valence electrons. The highest BCUT2D eigenvalue weighted by atomic mass is 32.2. The number of nitrogens with two attached hydrogens (primary N) is 1. The standard InChI is InChI=1S/C14H27N3O2S/c1-3-5-13(18)16-11-6-4-8-17(10-11)14(19)12(15)7-9-20-2/h11-12H,3-10,15H2,1-2H3,(H,16,18)/t11?,12-/m0/s1. The van der Waals surface area contributed by atoms with Crippen LogP contribution in [0.4, 0.5) is 0 Å². The topological polar surface area (TPSA) is 75.4 Å². The van der Waals surface area contributed by atoms with Crippen molar-refractivity contribution in [2.24, 2.45) is 5.73 Å². The van der Waals surface area contributed by atoms with Gasteiger partial charge in [-0.15, -0.1) is 0 Å². The van der Waals surface area contributed by atoms with Gasteiger partial charge >= 0.3 is 0 Å². The van der Waals surface area contributed by atoms with E-state index in [0.717, 1.165) is 31.6 Å². The number of likely N-dealkylation sites (tertiary alicyclic amines) is 1. The second kappa shape index (κ2) is 9.23. The van der Waals surface area contributed by atoms with Crippen LogP contribution in [0.2, 0.25) is 0 Å². The third-order valence-corrected chi connectivity index (χ3v) is 4.17. The van der Waals surface area contributed by atoms with Crippen LogP contribution in [0.15, 0.2) is 0 Å². The van der Waals surface area contributed by atoms with Gasteiger partial charge in [-0.25, -0.2) is 0 Å². The van der Waals surface area contributed by atoms with Gasteiger partial charge in [-0.3, -0.25) is 9.59 Å². The SMILES string of the molecule is CCCC(=O)NC1CCCN(C(=O)[C@@H](N)CCSC)C1. The Morgan fingerprint density at radius 2 is 2.25 bits per heavy atom. The van der Waals surface area contributed by atoms with Crippen LogP contribution in [0.3, 0.4) is 0 Å². The predicted octanol–water partition coefficient (Wildman–Crippen LogP) is 0.974. The second-order valence-corrected chi connectivity index (χ2v) is 6.31. The average Bonchev–Trinajstić information content (AvgIpc) is 2.44. The van der Waals surface area contributed by atoms with Gasteiger partial charge in [-0.2, -0.15) is 11.8 Å². The van der Waals surface area contributed by atoms with Crippen molar-refractivity contribution in [3.05, 3.63) is 0 Å². The van der Waals surface area contributed by atoms with Crippen molar-refractivity contribution in [2.75, 3.05) is 25.1 Å². The predicted molar refractivity (Wildman–Crippen MR) is 83.6 cm³/mol. The molecule has 2 atom stereocenters. The first-order chi connectivity index (χ1) is 9.58. The molecule has 3 N–H and O–H groups in total. The summed E-state index contributed by atoms with van der Waals surface area (Å²) < 4.78 is 0. The summed E-state index contributed by atoms with van der Waals surface area (Å²) in [5.74, 6) is 1.00. The number of hydrogen-bond donors (Lipinski definition) is 2. The molecule has 0 aliphatic carbocycles. The van der Waals surface area contributed by atoms with Crippen LogP contribution in [0.25, 0.3) is 0 Å². The molecule has 0 radical (unpaired) electrons. The van der Waals surface area contributed by atoms with Crippen LogP contribution in [0, 0.1) is 0 Å². The van der Waals surface area contributed by atoms with Crippen molar-refractivity contribution >= 4 is 23.6 Å². The van der Waals surface area contributed by atoms with E-state index in [1.54, 1.807) is 11.8 Å². The van der Waals surface area contributed by atoms with Crippen LogP contribution in [-0.4, -0.2) is 53.9 Å². The van der Waals surface area contributed by atoms with E-state index in [-0.39, 0.29) is 17.9 Å². The molecule has 5 nitrogen and oxygen atoms in total. The molecule has 0 aromatic carbocycles. The lowest BCUT2D eigenvalue weighted by atomic mass is 10.0. The molecule has 6 heteroatoms. The highest BCUT2D eigenvalue weighted by Gasteiger charge is 2.27. The Balaban J connectivity index is 2.43. The van der Waals surface area contributed by atoms with Gasteiger partial charge in [0.25, 0.3) is 0 Å². The zero-order chi connectivity index (χ0) is 15.0. The number of amides is 2. The minimum atomic E-state index is -0.410. The van der Waals surface area contributed by atoms with Crippen LogP contribution < -0.4 is 11.1 Å². The largest absolute Gasteiger partial charge is 0.352 e. The summed E-state index contributed by atoms with van der Waals surface area (Å²) in [4.78, 5) is 25.7. The van der Waals surface area contributed by atoms with Crippen LogP contribution >= 0.6 is 11.8 Å². The van der Waals surface area contributed by atoms with Crippen molar-refractivity contribution in [3.8, 4) is 0 Å². The van der Waals surface area contributed by atoms with E-state index < -0.39 is 6.04 Å². The molecule has 1 aliphatic rings. The van der Waals surface area contributed by atoms with Crippen molar-refractivity contribution in [3.63, 3.8) is 0 Å². The summed E-state index contributed by atoms with van der Waals surface area (Å²) in [5.41, 5.74) is 5.94. The lowest BCUT2D eigenvalue weighted by molar-refractivity contribution is -0.135. The molecule has 0 bridgehead atoms. The lowest BCUT2D eigenvalue weighted by Gasteiger charge is -2.34. The Bertz CT molecular complexity index is 326. The van der Waals surface area contributed by atoms with E-state index in [0.29, 0.717) is 19.4 Å². The molecular formula is C14H27N3O2S. The summed E-state index contributed by atoms with van der Waals surface area (Å²) in [6.45, 7) is 3.34. The summed E-state index contributed by atoms with van der Waals surface area (Å²) in [6.07, 6.45) is 6.00. The Labute approximate surface area is 126 Å². The summed E-state index contributed by atoms with van der Waals surface area (Å²) >= 11 is 1.70. The fraction of sp³-hybridized carbons (Fsp3) is 0.857. The number of carbonyl (C=O) groups is 2. The third kappa shape index (κ3) is 5.71. The maximum absolute atomic E-state index is 12.2. The maximum Gasteiger partial charge on any atom is 0.239 e. The molecule has 2 amide bonds. The summed E-state index contributed by atoms with van der Waals surface area (Å²) in [7, 11) is 0. The number of rotatable bonds is 7. The van der Waals surface area contributed by atoms with E-state index in [9.17, 15) is 9.59 Å². The Morgan fingerprint density at radius 1 is 1.50 bits per heavy atom. The second-order valence-electron chi connectivity index (χ2n) is 5.33. The van der Waals surface area contributed by atoms with Gasteiger partial charge in [0.1, 0.15) is 0 Å². The zero-order valence-electron chi connectivity index (χ0n) is 12.6. The molecule has 1 heterocycles. The monoisotopic (exact) mass is 301 g/mol. The van der Waals surface area contributed by atoms with E-state index >= 15 is 0 Å². The third-order valence-electron chi connectivity index (χ3n) is 3.53. The van der Waals surface area contributed by atoms with Crippen LogP contribution in [0.5, 0.6) is 0 Å². The Kier molecular flexibility index (Phi) is 7.99. The van der Waals surface area contributed by atoms with Crippen molar-refractivity contribution in [1.29, 1.82) is 0 Å². The molecule has 0 aromatic heterocycles. The number of carbonyl (C=O) groups excluding carboxylic acids is 2. The lowest BCUT2D eigenvalue weighted by Crippen LogP contribution is -2.53. The molecular weight excluding hydrogens is 274 g/mol. The minimum Gasteiger partial charge on any atom is -0.352 e. The minimum absolute atomic E-state index is 0.0218. The first-order valence-electron chi connectivity index (χ1n) is 7.41. The van der Waals surface area contributed by atoms with E-state index in [1.807, 2.05) is 18.1 Å². The zero-order valence-corrected chi connectivity index (χ0v) is 13.4. The van der Waals surface area contributed by atoms with E-state index in [4.69, 9.17) is 5.73 Å². The normalized spacial score (nSPS) is 20.6. The molecule has 1 unspecified atom stereocenters. The number of piperidine rings is 1. The Morgan fingerprint density at radius 3 is 2.90 bits per heavy atom. The summed E-state index contributed by atoms with van der Waals surface area (Å²) in [5, 5.41) is 3.01. The molecule has 1 rings (SSSR count). The van der Waals surface area contributed by atoms with Crippen molar-refractivity contribution in [1.82, 2.24) is 10.2 Å². The molecule has 1 aliphatic heterocycles. The van der Waals surface area contributed by atoms with Gasteiger partial charge < -0.3 is 16.0 Å². The van der Waals surface area contributed by atoms with Crippen molar-refractivity contribution in [2.45, 2.75) is 51.1 Å². The fourth-order valence-electron chi connectivity index (χ4n) is 2.42. The number of nitrogens with one attached hydrogen (secondary N) is 1. The summed E-state index contributed by atoms with van der Waals surface area (Å²) in [6, 6.07) is -0.327. The molecule has 1 fully saturated rings. The van der Waals surface area contributed by atoms with Crippen LogP contribution in [0.1, 0.15) is 39.0 Å². The van der Waals surface area contributed by atoms with Gasteiger partial charge in [0.2, 0.25) is 11.8 Å². The smallest absolute Gasteiger partial charge is 0.239 e. The first kappa shape index (κ1) is 17.3. The maximum atomic E-state index is 12.2. The van der Waals surface area contributed by atoms with Crippen LogP contribution in [-0.2, 0) is 9.59 Å².